The predicted octanol–water partition coefficient (Wildman–Crippen LogP) is 4.82. The summed E-state index contributed by atoms with van der Waals surface area (Å²) >= 11 is 0. The molecule has 2 aromatic heterocycles. The monoisotopic (exact) mass is 519 g/mol. The number of ether oxygens (including phenoxy) is 3. The average molecular weight is 520 g/mol. The van der Waals surface area contributed by atoms with Gasteiger partial charge in [-0.3, -0.25) is 0 Å². The Morgan fingerprint density at radius 1 is 1.00 bits per heavy atom. The number of benzene rings is 1. The first-order valence-corrected chi connectivity index (χ1v) is 13.2. The van der Waals surface area contributed by atoms with Crippen LogP contribution in [0.2, 0.25) is 0 Å². The van der Waals surface area contributed by atoms with Crippen LogP contribution >= 0.6 is 0 Å². The minimum atomic E-state index is -0.350. The van der Waals surface area contributed by atoms with E-state index in [1.807, 2.05) is 56.3 Å². The Morgan fingerprint density at radius 3 is 2.42 bits per heavy atom. The number of likely N-dealkylation sites (tertiary alicyclic amines) is 1. The molecule has 2 atom stereocenters. The van der Waals surface area contributed by atoms with Gasteiger partial charge in [-0.25, -0.2) is 19.7 Å². The number of rotatable bonds is 10. The molecule has 1 aliphatic heterocycles. The number of aryl methyl sites for hydroxylation is 3. The number of hydrogen-bond acceptors (Lipinski definition) is 8. The Balaban J connectivity index is 1.54. The van der Waals surface area contributed by atoms with Crippen LogP contribution in [0.3, 0.4) is 0 Å². The molecule has 1 aliphatic rings. The number of aromatic nitrogens is 3. The molecule has 3 aromatic rings. The number of carbonyl (C=O) groups is 1. The lowest BCUT2D eigenvalue weighted by atomic mass is 10.1. The van der Waals surface area contributed by atoms with Gasteiger partial charge in [0.05, 0.1) is 48.6 Å². The number of amides is 1. The molecule has 0 spiro atoms. The Bertz CT molecular complexity index is 1240. The van der Waals surface area contributed by atoms with E-state index in [0.717, 1.165) is 39.7 Å². The second kappa shape index (κ2) is 12.7. The number of anilines is 1. The van der Waals surface area contributed by atoms with Gasteiger partial charge in [0.1, 0.15) is 12.4 Å². The largest absolute Gasteiger partial charge is 0.481 e. The second-order valence-electron chi connectivity index (χ2n) is 9.20. The Kier molecular flexibility index (Phi) is 9.12. The normalized spacial score (nSPS) is 16.9. The molecular formula is C29H37N5O4. The lowest BCUT2D eigenvalue weighted by Gasteiger charge is -2.22. The van der Waals surface area contributed by atoms with E-state index in [4.69, 9.17) is 24.2 Å². The zero-order chi connectivity index (χ0) is 27.1. The fourth-order valence-corrected chi connectivity index (χ4v) is 4.66. The molecule has 9 nitrogen and oxygen atoms in total. The van der Waals surface area contributed by atoms with Gasteiger partial charge in [0.25, 0.3) is 0 Å². The molecule has 4 rings (SSSR count). The van der Waals surface area contributed by atoms with Gasteiger partial charge in [0, 0.05) is 24.8 Å². The van der Waals surface area contributed by atoms with Gasteiger partial charge in [0.15, 0.2) is 0 Å². The fourth-order valence-electron chi connectivity index (χ4n) is 4.66. The fraction of sp³-hybridized carbons (Fsp3) is 0.448. The number of pyridine rings is 1. The quantitative estimate of drug-likeness (QED) is 0.407. The summed E-state index contributed by atoms with van der Waals surface area (Å²) < 4.78 is 16.9. The molecule has 38 heavy (non-hydrogen) atoms. The van der Waals surface area contributed by atoms with Gasteiger partial charge in [-0.05, 0) is 38.3 Å². The Labute approximate surface area is 224 Å². The summed E-state index contributed by atoms with van der Waals surface area (Å²) in [5, 5.41) is 3.56. The predicted molar refractivity (Wildman–Crippen MR) is 146 cm³/mol. The topological polar surface area (TPSA) is 98.7 Å². The smallest absolute Gasteiger partial charge is 0.410 e. The molecule has 0 saturated carbocycles. The van der Waals surface area contributed by atoms with E-state index >= 15 is 0 Å². The SMILES string of the molecule is CCO[C@H]1CN(C(=O)OCc2ccccc2)C[C@H]1Nc1nc(CC)c(-c2ccc(OC)nc2C)nc1CC. The van der Waals surface area contributed by atoms with Crippen LogP contribution in [-0.4, -0.2) is 64.9 Å². The molecule has 1 fully saturated rings. The van der Waals surface area contributed by atoms with E-state index in [1.54, 1.807) is 12.0 Å². The first-order valence-electron chi connectivity index (χ1n) is 13.2. The van der Waals surface area contributed by atoms with Gasteiger partial charge in [-0.1, -0.05) is 44.2 Å². The minimum Gasteiger partial charge on any atom is -0.481 e. The molecule has 0 radical (unpaired) electrons. The maximum atomic E-state index is 12.8. The van der Waals surface area contributed by atoms with E-state index in [-0.39, 0.29) is 24.8 Å². The second-order valence-corrected chi connectivity index (χ2v) is 9.20. The molecule has 1 N–H and O–H groups in total. The van der Waals surface area contributed by atoms with Gasteiger partial charge in [-0.15, -0.1) is 0 Å². The average Bonchev–Trinajstić information content (AvgIpc) is 3.34. The van der Waals surface area contributed by atoms with Crippen molar-refractivity contribution in [3.63, 3.8) is 0 Å². The van der Waals surface area contributed by atoms with Crippen molar-refractivity contribution in [2.45, 2.75) is 59.3 Å². The zero-order valence-electron chi connectivity index (χ0n) is 22.9. The summed E-state index contributed by atoms with van der Waals surface area (Å²) in [5.74, 6) is 1.29. The van der Waals surface area contributed by atoms with Gasteiger partial charge in [0.2, 0.25) is 5.88 Å². The Morgan fingerprint density at radius 2 is 1.76 bits per heavy atom. The molecule has 0 bridgehead atoms. The van der Waals surface area contributed by atoms with Crippen LogP contribution < -0.4 is 10.1 Å². The van der Waals surface area contributed by atoms with E-state index < -0.39 is 0 Å². The first kappa shape index (κ1) is 27.3. The minimum absolute atomic E-state index is 0.140. The lowest BCUT2D eigenvalue weighted by molar-refractivity contribution is 0.0580. The van der Waals surface area contributed by atoms with Crippen molar-refractivity contribution in [3.8, 4) is 17.1 Å². The molecule has 1 amide bonds. The molecule has 1 aromatic carbocycles. The van der Waals surface area contributed by atoms with Crippen LogP contribution in [0.15, 0.2) is 42.5 Å². The molecule has 1 saturated heterocycles. The lowest BCUT2D eigenvalue weighted by Crippen LogP contribution is -2.35. The third kappa shape index (κ3) is 6.22. The first-order chi connectivity index (χ1) is 18.5. The highest BCUT2D eigenvalue weighted by Crippen LogP contribution is 2.29. The summed E-state index contributed by atoms with van der Waals surface area (Å²) in [6.07, 6.45) is 0.874. The van der Waals surface area contributed by atoms with E-state index in [2.05, 4.69) is 24.1 Å². The molecular weight excluding hydrogens is 482 g/mol. The summed E-state index contributed by atoms with van der Waals surface area (Å²) in [6, 6.07) is 13.4. The maximum absolute atomic E-state index is 12.8. The summed E-state index contributed by atoms with van der Waals surface area (Å²) in [4.78, 5) is 29.1. The third-order valence-corrected chi connectivity index (χ3v) is 6.67. The number of nitrogens with zero attached hydrogens (tertiary/aromatic N) is 4. The highest BCUT2D eigenvalue weighted by molar-refractivity contribution is 5.69. The van der Waals surface area contributed by atoms with Crippen molar-refractivity contribution in [1.82, 2.24) is 19.9 Å². The van der Waals surface area contributed by atoms with E-state index in [1.165, 1.54) is 0 Å². The van der Waals surface area contributed by atoms with Crippen molar-refractivity contribution in [1.29, 1.82) is 0 Å². The van der Waals surface area contributed by atoms with E-state index in [0.29, 0.717) is 38.4 Å². The van der Waals surface area contributed by atoms with E-state index in [9.17, 15) is 4.79 Å². The van der Waals surface area contributed by atoms with Crippen LogP contribution in [0.1, 0.15) is 43.4 Å². The highest BCUT2D eigenvalue weighted by Gasteiger charge is 2.37. The number of carbonyl (C=O) groups excluding carboxylic acids is 1. The van der Waals surface area contributed by atoms with Crippen molar-refractivity contribution >= 4 is 11.9 Å². The van der Waals surface area contributed by atoms with Crippen molar-refractivity contribution < 1.29 is 19.0 Å². The van der Waals surface area contributed by atoms with Crippen LogP contribution in [0.4, 0.5) is 10.6 Å². The number of nitrogens with one attached hydrogen (secondary N) is 1. The van der Waals surface area contributed by atoms with Gasteiger partial charge >= 0.3 is 6.09 Å². The maximum Gasteiger partial charge on any atom is 0.410 e. The molecule has 202 valence electrons. The van der Waals surface area contributed by atoms with Crippen molar-refractivity contribution in [2.24, 2.45) is 0 Å². The number of methoxy groups -OCH3 is 1. The van der Waals surface area contributed by atoms with Crippen LogP contribution in [0.5, 0.6) is 5.88 Å². The molecule has 9 heteroatoms. The highest BCUT2D eigenvalue weighted by atomic mass is 16.6. The van der Waals surface area contributed by atoms with Gasteiger partial charge < -0.3 is 24.4 Å². The third-order valence-electron chi connectivity index (χ3n) is 6.67. The van der Waals surface area contributed by atoms with Gasteiger partial charge in [-0.2, -0.15) is 0 Å². The molecule has 3 heterocycles. The summed E-state index contributed by atoms with van der Waals surface area (Å²) in [7, 11) is 1.61. The van der Waals surface area contributed by atoms with Crippen LogP contribution in [0.25, 0.3) is 11.3 Å². The zero-order valence-corrected chi connectivity index (χ0v) is 22.9. The van der Waals surface area contributed by atoms with Crippen molar-refractivity contribution in [2.75, 3.05) is 32.1 Å². The Hall–Kier alpha value is -3.72. The van der Waals surface area contributed by atoms with Crippen LogP contribution in [0, 0.1) is 6.92 Å². The summed E-state index contributed by atoms with van der Waals surface area (Å²) in [5.41, 5.74) is 5.30. The van der Waals surface area contributed by atoms with Crippen molar-refractivity contribution in [3.05, 3.63) is 65.1 Å². The van der Waals surface area contributed by atoms with Crippen LogP contribution in [-0.2, 0) is 28.9 Å². The molecule has 0 aliphatic carbocycles. The summed E-state index contributed by atoms with van der Waals surface area (Å²) in [6.45, 7) is 9.72. The number of hydrogen-bond donors (Lipinski definition) is 1. The molecule has 0 unspecified atom stereocenters. The standard InChI is InChI=1S/C29H37N5O4/c1-6-22-27(21-14-15-26(36-5)30-19(21)4)31-23(7-2)28(32-22)33-24-16-34(17-25(24)37-8-3)29(35)38-18-20-12-10-9-11-13-20/h9-15,24-25H,6-8,16-18H2,1-5H3,(H,32,33)/t24-,25+/m1/s1.